The quantitative estimate of drug-likeness (QED) is 0.649. The molecule has 0 bridgehead atoms. The molecular formula is C15H14BrNO4. The summed E-state index contributed by atoms with van der Waals surface area (Å²) in [5, 5.41) is 20.6. The van der Waals surface area contributed by atoms with Crippen molar-refractivity contribution < 1.29 is 14.8 Å². The predicted molar refractivity (Wildman–Crippen MR) is 82.7 cm³/mol. The van der Waals surface area contributed by atoms with Gasteiger partial charge in [0.25, 0.3) is 0 Å². The normalized spacial score (nSPS) is 12.0. The SMILES string of the molecule is Cc1ccc(Oc2ccc(C(C)O)c(Br)c2)c([N+](=O)[O-])c1. The van der Waals surface area contributed by atoms with Crippen molar-refractivity contribution in [2.24, 2.45) is 0 Å². The van der Waals surface area contributed by atoms with Crippen LogP contribution >= 0.6 is 15.9 Å². The van der Waals surface area contributed by atoms with E-state index in [1.54, 1.807) is 44.2 Å². The summed E-state index contributed by atoms with van der Waals surface area (Å²) in [6.07, 6.45) is -0.609. The van der Waals surface area contributed by atoms with Crippen molar-refractivity contribution in [2.45, 2.75) is 20.0 Å². The Morgan fingerprint density at radius 3 is 2.57 bits per heavy atom. The molecule has 6 heteroatoms. The fourth-order valence-corrected chi connectivity index (χ4v) is 2.58. The van der Waals surface area contributed by atoms with E-state index in [1.165, 1.54) is 6.07 Å². The maximum Gasteiger partial charge on any atom is 0.311 e. The molecule has 2 aromatic rings. The lowest BCUT2D eigenvalue weighted by Gasteiger charge is -2.11. The molecular weight excluding hydrogens is 338 g/mol. The van der Waals surface area contributed by atoms with Gasteiger partial charge in [-0.2, -0.15) is 0 Å². The molecule has 0 aliphatic heterocycles. The Hall–Kier alpha value is -1.92. The third-order valence-electron chi connectivity index (χ3n) is 2.96. The number of aliphatic hydroxyl groups excluding tert-OH is 1. The second-order valence-electron chi connectivity index (χ2n) is 4.69. The largest absolute Gasteiger partial charge is 0.450 e. The molecule has 21 heavy (non-hydrogen) atoms. The fourth-order valence-electron chi connectivity index (χ4n) is 1.89. The number of nitrogens with zero attached hydrogens (tertiary/aromatic N) is 1. The van der Waals surface area contributed by atoms with Crippen LogP contribution in [0.4, 0.5) is 5.69 Å². The Labute approximate surface area is 130 Å². The van der Waals surface area contributed by atoms with Gasteiger partial charge in [-0.05, 0) is 43.2 Å². The number of aliphatic hydroxyl groups is 1. The molecule has 2 aromatic carbocycles. The Morgan fingerprint density at radius 2 is 2.00 bits per heavy atom. The molecule has 0 fully saturated rings. The second kappa shape index (κ2) is 6.24. The summed E-state index contributed by atoms with van der Waals surface area (Å²) < 4.78 is 6.27. The van der Waals surface area contributed by atoms with Crippen molar-refractivity contribution in [3.05, 3.63) is 62.1 Å². The first kappa shape index (κ1) is 15.5. The van der Waals surface area contributed by atoms with Gasteiger partial charge < -0.3 is 9.84 Å². The van der Waals surface area contributed by atoms with Gasteiger partial charge in [0.05, 0.1) is 11.0 Å². The molecule has 0 radical (unpaired) electrons. The van der Waals surface area contributed by atoms with Gasteiger partial charge >= 0.3 is 5.69 Å². The van der Waals surface area contributed by atoms with Gasteiger partial charge in [-0.15, -0.1) is 0 Å². The van der Waals surface area contributed by atoms with Crippen LogP contribution < -0.4 is 4.74 Å². The van der Waals surface area contributed by atoms with Crippen molar-refractivity contribution in [3.8, 4) is 11.5 Å². The van der Waals surface area contributed by atoms with E-state index in [0.717, 1.165) is 11.1 Å². The van der Waals surface area contributed by atoms with Crippen LogP contribution in [0.15, 0.2) is 40.9 Å². The van der Waals surface area contributed by atoms with E-state index < -0.39 is 11.0 Å². The molecule has 0 aliphatic rings. The molecule has 0 amide bonds. The highest BCUT2D eigenvalue weighted by molar-refractivity contribution is 9.10. The first-order chi connectivity index (χ1) is 9.88. The summed E-state index contributed by atoms with van der Waals surface area (Å²) in [7, 11) is 0. The summed E-state index contributed by atoms with van der Waals surface area (Å²) in [4.78, 5) is 10.6. The van der Waals surface area contributed by atoms with E-state index in [4.69, 9.17) is 4.74 Å². The Morgan fingerprint density at radius 1 is 1.29 bits per heavy atom. The molecule has 0 saturated carbocycles. The Kier molecular flexibility index (Phi) is 4.59. The lowest BCUT2D eigenvalue weighted by atomic mass is 10.1. The minimum Gasteiger partial charge on any atom is -0.450 e. The summed E-state index contributed by atoms with van der Waals surface area (Å²) in [6, 6.07) is 9.84. The molecule has 0 heterocycles. The number of hydrogen-bond acceptors (Lipinski definition) is 4. The maximum atomic E-state index is 11.1. The number of ether oxygens (including phenoxy) is 1. The minimum absolute atomic E-state index is 0.0780. The van der Waals surface area contributed by atoms with E-state index >= 15 is 0 Å². The monoisotopic (exact) mass is 351 g/mol. The molecule has 1 unspecified atom stereocenters. The highest BCUT2D eigenvalue weighted by Crippen LogP contribution is 2.34. The van der Waals surface area contributed by atoms with E-state index in [9.17, 15) is 15.2 Å². The molecule has 1 N–H and O–H groups in total. The van der Waals surface area contributed by atoms with Crippen LogP contribution in [-0.2, 0) is 0 Å². The lowest BCUT2D eigenvalue weighted by Crippen LogP contribution is -1.96. The molecule has 0 aromatic heterocycles. The van der Waals surface area contributed by atoms with E-state index in [-0.39, 0.29) is 11.4 Å². The third-order valence-corrected chi connectivity index (χ3v) is 3.65. The summed E-state index contributed by atoms with van der Waals surface area (Å²) in [5.41, 5.74) is 1.44. The van der Waals surface area contributed by atoms with Crippen molar-refractivity contribution in [1.82, 2.24) is 0 Å². The summed E-state index contributed by atoms with van der Waals surface area (Å²) >= 11 is 3.35. The van der Waals surface area contributed by atoms with Crippen LogP contribution in [0.2, 0.25) is 0 Å². The van der Waals surface area contributed by atoms with Gasteiger partial charge in [-0.1, -0.05) is 28.1 Å². The predicted octanol–water partition coefficient (Wildman–Crippen LogP) is 4.51. The second-order valence-corrected chi connectivity index (χ2v) is 5.54. The van der Waals surface area contributed by atoms with E-state index in [1.807, 2.05) is 0 Å². The van der Waals surface area contributed by atoms with E-state index in [2.05, 4.69) is 15.9 Å². The zero-order chi connectivity index (χ0) is 15.6. The molecule has 0 saturated heterocycles. The van der Waals surface area contributed by atoms with Crippen molar-refractivity contribution in [1.29, 1.82) is 0 Å². The van der Waals surface area contributed by atoms with Gasteiger partial charge in [0.15, 0.2) is 0 Å². The van der Waals surface area contributed by atoms with Crippen molar-refractivity contribution in [3.63, 3.8) is 0 Å². The van der Waals surface area contributed by atoms with Crippen LogP contribution in [-0.4, -0.2) is 10.0 Å². The number of rotatable bonds is 4. The van der Waals surface area contributed by atoms with Gasteiger partial charge in [0.1, 0.15) is 5.75 Å². The summed E-state index contributed by atoms with van der Waals surface area (Å²) in [6.45, 7) is 3.44. The van der Waals surface area contributed by atoms with Gasteiger partial charge in [0.2, 0.25) is 5.75 Å². The smallest absolute Gasteiger partial charge is 0.311 e. The van der Waals surface area contributed by atoms with Crippen LogP contribution in [0, 0.1) is 17.0 Å². The van der Waals surface area contributed by atoms with Crippen molar-refractivity contribution >= 4 is 21.6 Å². The number of nitro benzene ring substituents is 1. The van der Waals surface area contributed by atoms with Crippen LogP contribution in [0.5, 0.6) is 11.5 Å². The standard InChI is InChI=1S/C15H14BrNO4/c1-9-3-6-15(14(7-9)17(19)20)21-11-4-5-12(10(2)18)13(16)8-11/h3-8,10,18H,1-2H3. The van der Waals surface area contributed by atoms with Crippen LogP contribution in [0.3, 0.4) is 0 Å². The maximum absolute atomic E-state index is 11.1. The first-order valence-corrected chi connectivity index (χ1v) is 7.08. The zero-order valence-corrected chi connectivity index (χ0v) is 13.1. The fraction of sp³-hybridized carbons (Fsp3) is 0.200. The minimum atomic E-state index is -0.609. The number of hydrogen-bond donors (Lipinski definition) is 1. The molecule has 0 spiro atoms. The number of benzene rings is 2. The van der Waals surface area contributed by atoms with E-state index in [0.29, 0.717) is 10.2 Å². The Balaban J connectivity index is 2.35. The van der Waals surface area contributed by atoms with Gasteiger partial charge in [-0.3, -0.25) is 10.1 Å². The Bertz CT molecular complexity index is 685. The van der Waals surface area contributed by atoms with Crippen LogP contribution in [0.25, 0.3) is 0 Å². The molecule has 5 nitrogen and oxygen atoms in total. The average molecular weight is 352 g/mol. The number of halogens is 1. The topological polar surface area (TPSA) is 72.6 Å². The highest BCUT2D eigenvalue weighted by atomic mass is 79.9. The number of nitro groups is 1. The molecule has 2 rings (SSSR count). The zero-order valence-electron chi connectivity index (χ0n) is 11.5. The molecule has 1 atom stereocenters. The van der Waals surface area contributed by atoms with Gasteiger partial charge in [-0.25, -0.2) is 0 Å². The summed E-state index contributed by atoms with van der Waals surface area (Å²) in [5.74, 6) is 0.639. The highest BCUT2D eigenvalue weighted by Gasteiger charge is 2.16. The average Bonchev–Trinajstić information content (AvgIpc) is 2.40. The van der Waals surface area contributed by atoms with Crippen molar-refractivity contribution in [2.75, 3.05) is 0 Å². The molecule has 0 aliphatic carbocycles. The van der Waals surface area contributed by atoms with Crippen LogP contribution in [0.1, 0.15) is 24.2 Å². The lowest BCUT2D eigenvalue weighted by molar-refractivity contribution is -0.385. The van der Waals surface area contributed by atoms with Gasteiger partial charge in [0, 0.05) is 10.5 Å². The third kappa shape index (κ3) is 3.59. The first-order valence-electron chi connectivity index (χ1n) is 6.29. The number of aryl methyl sites for hydroxylation is 1. The molecule has 110 valence electrons.